The zero-order valence-electron chi connectivity index (χ0n) is 10.7. The third-order valence-corrected chi connectivity index (χ3v) is 3.98. The van der Waals surface area contributed by atoms with Crippen LogP contribution in [0.2, 0.25) is 0 Å². The van der Waals surface area contributed by atoms with Crippen LogP contribution in [0, 0.1) is 17.8 Å². The minimum atomic E-state index is 0.833. The maximum absolute atomic E-state index is 5.89. The van der Waals surface area contributed by atoms with Crippen LogP contribution in [0.25, 0.3) is 0 Å². The number of nitrogens with two attached hydrogens (primary N) is 1. The summed E-state index contributed by atoms with van der Waals surface area (Å²) < 4.78 is 0. The molecule has 1 nitrogen and oxygen atoms in total. The molecule has 2 atom stereocenters. The van der Waals surface area contributed by atoms with E-state index in [1.165, 1.54) is 51.4 Å². The van der Waals surface area contributed by atoms with Crippen LogP contribution < -0.4 is 5.73 Å². The van der Waals surface area contributed by atoms with E-state index in [2.05, 4.69) is 13.8 Å². The van der Waals surface area contributed by atoms with Gasteiger partial charge in [0.15, 0.2) is 0 Å². The van der Waals surface area contributed by atoms with Crippen LogP contribution in [-0.2, 0) is 0 Å². The van der Waals surface area contributed by atoms with E-state index in [1.54, 1.807) is 0 Å². The predicted molar refractivity (Wildman–Crippen MR) is 67.8 cm³/mol. The Bertz CT molecular complexity index is 153. The predicted octanol–water partition coefficient (Wildman–Crippen LogP) is 3.97. The smallest absolute Gasteiger partial charge is 0.00462 e. The molecule has 0 radical (unpaired) electrons. The third-order valence-electron chi connectivity index (χ3n) is 3.98. The highest BCUT2D eigenvalue weighted by molar-refractivity contribution is 4.74. The van der Waals surface area contributed by atoms with Gasteiger partial charge < -0.3 is 5.73 Å². The van der Waals surface area contributed by atoms with Crippen molar-refractivity contribution in [2.45, 2.75) is 65.2 Å². The number of hydrogen-bond donors (Lipinski definition) is 1. The van der Waals surface area contributed by atoms with Crippen molar-refractivity contribution >= 4 is 0 Å². The van der Waals surface area contributed by atoms with Gasteiger partial charge in [-0.2, -0.15) is 0 Å². The van der Waals surface area contributed by atoms with E-state index in [1.807, 2.05) is 0 Å². The fraction of sp³-hybridized carbons (Fsp3) is 1.00. The Morgan fingerprint density at radius 2 is 1.73 bits per heavy atom. The first-order valence-corrected chi connectivity index (χ1v) is 6.94. The van der Waals surface area contributed by atoms with Crippen molar-refractivity contribution in [3.05, 3.63) is 0 Å². The average molecular weight is 211 g/mol. The molecule has 0 bridgehead atoms. The molecule has 2 unspecified atom stereocenters. The van der Waals surface area contributed by atoms with Gasteiger partial charge >= 0.3 is 0 Å². The normalized spacial score (nSPS) is 28.0. The summed E-state index contributed by atoms with van der Waals surface area (Å²) in [6, 6.07) is 0. The zero-order valence-corrected chi connectivity index (χ0v) is 10.7. The molecule has 1 rings (SSSR count). The van der Waals surface area contributed by atoms with Gasteiger partial charge in [-0.25, -0.2) is 0 Å². The Hall–Kier alpha value is -0.0400. The van der Waals surface area contributed by atoms with Crippen LogP contribution in [0.15, 0.2) is 0 Å². The monoisotopic (exact) mass is 211 g/mol. The van der Waals surface area contributed by atoms with Gasteiger partial charge in [0.05, 0.1) is 0 Å². The molecule has 90 valence electrons. The van der Waals surface area contributed by atoms with Crippen LogP contribution in [0.3, 0.4) is 0 Å². The molecule has 0 heterocycles. The van der Waals surface area contributed by atoms with Gasteiger partial charge in [-0.1, -0.05) is 58.8 Å². The highest BCUT2D eigenvalue weighted by Gasteiger charge is 2.21. The Labute approximate surface area is 95.8 Å². The molecule has 1 aliphatic rings. The standard InChI is InChI=1S/C14H29N/c1-12(2)7-6-10-13-8-4-3-5-9-14(13)11-15/h12-14H,3-11,15H2,1-2H3. The second-order valence-electron chi connectivity index (χ2n) is 5.72. The zero-order chi connectivity index (χ0) is 11.1. The second kappa shape index (κ2) is 7.27. The van der Waals surface area contributed by atoms with E-state index in [9.17, 15) is 0 Å². The first-order valence-electron chi connectivity index (χ1n) is 6.94. The highest BCUT2D eigenvalue weighted by Crippen LogP contribution is 2.32. The van der Waals surface area contributed by atoms with Crippen molar-refractivity contribution in [3.63, 3.8) is 0 Å². The first-order chi connectivity index (χ1) is 7.24. The maximum Gasteiger partial charge on any atom is -0.00462 e. The lowest BCUT2D eigenvalue weighted by atomic mass is 9.83. The third kappa shape index (κ3) is 5.01. The fourth-order valence-corrected chi connectivity index (χ4v) is 2.94. The lowest BCUT2D eigenvalue weighted by molar-refractivity contribution is 0.288. The summed E-state index contributed by atoms with van der Waals surface area (Å²) in [6.45, 7) is 5.58. The summed E-state index contributed by atoms with van der Waals surface area (Å²) in [7, 11) is 0. The quantitative estimate of drug-likeness (QED) is 0.684. The van der Waals surface area contributed by atoms with Crippen molar-refractivity contribution in [2.24, 2.45) is 23.5 Å². The number of hydrogen-bond acceptors (Lipinski definition) is 1. The van der Waals surface area contributed by atoms with Crippen molar-refractivity contribution < 1.29 is 0 Å². The summed E-state index contributed by atoms with van der Waals surface area (Å²) in [6.07, 6.45) is 11.4. The van der Waals surface area contributed by atoms with E-state index in [0.29, 0.717) is 0 Å². The average Bonchev–Trinajstić information content (AvgIpc) is 2.42. The minimum absolute atomic E-state index is 0.833. The molecule has 0 aliphatic heterocycles. The molecule has 0 amide bonds. The molecular formula is C14H29N. The highest BCUT2D eigenvalue weighted by atomic mass is 14.6. The summed E-state index contributed by atoms with van der Waals surface area (Å²) >= 11 is 0. The molecule has 0 aromatic carbocycles. The molecule has 0 spiro atoms. The molecule has 0 saturated heterocycles. The Balaban J connectivity index is 2.28. The van der Waals surface area contributed by atoms with Crippen molar-refractivity contribution in [3.8, 4) is 0 Å². The summed E-state index contributed by atoms with van der Waals surface area (Å²) in [5, 5.41) is 0. The fourth-order valence-electron chi connectivity index (χ4n) is 2.94. The van der Waals surface area contributed by atoms with E-state index in [0.717, 1.165) is 24.3 Å². The largest absolute Gasteiger partial charge is 0.330 e. The molecule has 15 heavy (non-hydrogen) atoms. The van der Waals surface area contributed by atoms with Gasteiger partial charge in [-0.15, -0.1) is 0 Å². The molecule has 1 saturated carbocycles. The van der Waals surface area contributed by atoms with Crippen LogP contribution in [-0.4, -0.2) is 6.54 Å². The second-order valence-corrected chi connectivity index (χ2v) is 5.72. The van der Waals surface area contributed by atoms with Gasteiger partial charge in [0.1, 0.15) is 0 Å². The van der Waals surface area contributed by atoms with Gasteiger partial charge in [-0.3, -0.25) is 0 Å². The van der Waals surface area contributed by atoms with Crippen molar-refractivity contribution in [2.75, 3.05) is 6.54 Å². The lowest BCUT2D eigenvalue weighted by Gasteiger charge is -2.24. The molecular weight excluding hydrogens is 182 g/mol. The van der Waals surface area contributed by atoms with Gasteiger partial charge in [0, 0.05) is 0 Å². The van der Waals surface area contributed by atoms with Crippen molar-refractivity contribution in [1.82, 2.24) is 0 Å². The molecule has 0 aromatic rings. The van der Waals surface area contributed by atoms with Gasteiger partial charge in [0.2, 0.25) is 0 Å². The van der Waals surface area contributed by atoms with Gasteiger partial charge in [-0.05, 0) is 30.7 Å². The maximum atomic E-state index is 5.89. The van der Waals surface area contributed by atoms with E-state index in [-0.39, 0.29) is 0 Å². The Morgan fingerprint density at radius 3 is 2.33 bits per heavy atom. The molecule has 1 fully saturated rings. The van der Waals surface area contributed by atoms with E-state index in [4.69, 9.17) is 5.73 Å². The number of rotatable bonds is 5. The molecule has 2 N–H and O–H groups in total. The molecule has 1 heteroatoms. The Kier molecular flexibility index (Phi) is 6.31. The lowest BCUT2D eigenvalue weighted by Crippen LogP contribution is -2.22. The summed E-state index contributed by atoms with van der Waals surface area (Å²) in [5.41, 5.74) is 5.89. The molecule has 0 aromatic heterocycles. The SMILES string of the molecule is CC(C)CCCC1CCCCCC1CN. The van der Waals surface area contributed by atoms with E-state index >= 15 is 0 Å². The van der Waals surface area contributed by atoms with Gasteiger partial charge in [0.25, 0.3) is 0 Å². The minimum Gasteiger partial charge on any atom is -0.330 e. The first kappa shape index (κ1) is 13.0. The molecule has 1 aliphatic carbocycles. The summed E-state index contributed by atoms with van der Waals surface area (Å²) in [4.78, 5) is 0. The van der Waals surface area contributed by atoms with Crippen LogP contribution >= 0.6 is 0 Å². The topological polar surface area (TPSA) is 26.0 Å². The Morgan fingerprint density at radius 1 is 1.07 bits per heavy atom. The van der Waals surface area contributed by atoms with E-state index < -0.39 is 0 Å². The van der Waals surface area contributed by atoms with Crippen LogP contribution in [0.4, 0.5) is 0 Å². The van der Waals surface area contributed by atoms with Crippen LogP contribution in [0.1, 0.15) is 65.2 Å². The summed E-state index contributed by atoms with van der Waals surface area (Å²) in [5.74, 6) is 2.64. The van der Waals surface area contributed by atoms with Crippen LogP contribution in [0.5, 0.6) is 0 Å². The van der Waals surface area contributed by atoms with Crippen molar-refractivity contribution in [1.29, 1.82) is 0 Å².